The molecule has 2 aromatic rings. The Morgan fingerprint density at radius 2 is 1.76 bits per heavy atom. The number of hydrogen-bond acceptors (Lipinski definition) is 6. The Bertz CT molecular complexity index is 762. The maximum Gasteiger partial charge on any atom is 0.407 e. The van der Waals surface area contributed by atoms with Crippen molar-refractivity contribution in [3.63, 3.8) is 0 Å². The van der Waals surface area contributed by atoms with Gasteiger partial charge in [-0.1, -0.05) is 36.8 Å². The second-order valence-electron chi connectivity index (χ2n) is 7.12. The molecule has 7 nitrogen and oxygen atoms in total. The first-order valence-electron chi connectivity index (χ1n) is 9.36. The molecular formula is C21H30BrN3O4. The number of nitrogens with zero attached hydrogens (tertiary/aromatic N) is 2. The first-order chi connectivity index (χ1) is 13.7. The zero-order valence-electron chi connectivity index (χ0n) is 17.9. The summed E-state index contributed by atoms with van der Waals surface area (Å²) in [6.07, 6.45) is 1.99. The van der Waals surface area contributed by atoms with E-state index in [1.807, 2.05) is 0 Å². The molecule has 0 bridgehead atoms. The van der Waals surface area contributed by atoms with Crippen LogP contribution in [0.15, 0.2) is 35.1 Å². The van der Waals surface area contributed by atoms with E-state index in [-0.39, 0.29) is 6.61 Å². The van der Waals surface area contributed by atoms with Gasteiger partial charge in [0.2, 0.25) is 11.8 Å². The first-order valence-corrected chi connectivity index (χ1v) is 10.1. The maximum atomic E-state index is 11.4. The summed E-state index contributed by atoms with van der Waals surface area (Å²) in [5.74, 6) is 0.734. The zero-order valence-corrected chi connectivity index (χ0v) is 19.5. The van der Waals surface area contributed by atoms with Gasteiger partial charge in [0.1, 0.15) is 23.0 Å². The Balaban J connectivity index is 0.000000387. The summed E-state index contributed by atoms with van der Waals surface area (Å²) in [6, 6.07) is 8.66. The van der Waals surface area contributed by atoms with Crippen LogP contribution in [-0.4, -0.2) is 41.9 Å². The van der Waals surface area contributed by atoms with Crippen LogP contribution in [0.2, 0.25) is 0 Å². The molecule has 0 spiro atoms. The smallest absolute Gasteiger partial charge is 0.407 e. The molecule has 0 radical (unpaired) electrons. The zero-order chi connectivity index (χ0) is 21.9. The summed E-state index contributed by atoms with van der Waals surface area (Å²) < 4.78 is 16.0. The van der Waals surface area contributed by atoms with Gasteiger partial charge in [-0.25, -0.2) is 14.8 Å². The number of aryl methyl sites for hydroxylation is 2. The lowest BCUT2D eigenvalue weighted by molar-refractivity contribution is 0.0519. The standard InChI is InChI=1S/C12H18BrN3O4.C9H12/c1-12(2,3)20-11(17)14-5-6-19-10-8(13)9(18-4)15-7-16-10;1-3-9-6-4-8(2)5-7-9/h7H,5-6H2,1-4H3,(H,14,17);4-7H,3H2,1-2H3. The number of nitrogens with one attached hydrogen (secondary N) is 1. The number of carbonyl (C=O) groups excluding carboxylic acids is 1. The van der Waals surface area contributed by atoms with Crippen molar-refractivity contribution in [2.75, 3.05) is 20.3 Å². The van der Waals surface area contributed by atoms with Crippen molar-refractivity contribution in [1.82, 2.24) is 15.3 Å². The van der Waals surface area contributed by atoms with E-state index in [0.29, 0.717) is 22.8 Å². The summed E-state index contributed by atoms with van der Waals surface area (Å²) in [5, 5.41) is 2.58. The molecule has 8 heteroatoms. The van der Waals surface area contributed by atoms with Gasteiger partial charge in [0.15, 0.2) is 0 Å². The minimum absolute atomic E-state index is 0.248. The molecule has 1 aromatic carbocycles. The second-order valence-corrected chi connectivity index (χ2v) is 7.91. The number of methoxy groups -OCH3 is 1. The fourth-order valence-corrected chi connectivity index (χ4v) is 2.50. The molecule has 0 aliphatic carbocycles. The summed E-state index contributed by atoms with van der Waals surface area (Å²) in [7, 11) is 1.50. The molecular weight excluding hydrogens is 438 g/mol. The largest absolute Gasteiger partial charge is 0.480 e. The second kappa shape index (κ2) is 12.3. The van der Waals surface area contributed by atoms with Crippen molar-refractivity contribution < 1.29 is 19.0 Å². The van der Waals surface area contributed by atoms with E-state index >= 15 is 0 Å². The predicted octanol–water partition coefficient (Wildman–Crippen LogP) is 4.71. The maximum absolute atomic E-state index is 11.4. The lowest BCUT2D eigenvalue weighted by Crippen LogP contribution is -2.34. The third kappa shape index (κ3) is 10.1. The number of amides is 1. The van der Waals surface area contributed by atoms with E-state index in [4.69, 9.17) is 14.2 Å². The number of hydrogen-bond donors (Lipinski definition) is 1. The van der Waals surface area contributed by atoms with Gasteiger partial charge in [0.25, 0.3) is 0 Å². The first kappa shape index (κ1) is 24.7. The van der Waals surface area contributed by atoms with E-state index < -0.39 is 11.7 Å². The molecule has 0 saturated carbocycles. The van der Waals surface area contributed by atoms with Crippen molar-refractivity contribution in [3.8, 4) is 11.8 Å². The number of aromatic nitrogens is 2. The van der Waals surface area contributed by atoms with E-state index in [2.05, 4.69) is 69.3 Å². The highest BCUT2D eigenvalue weighted by Crippen LogP contribution is 2.29. The fourth-order valence-electron chi connectivity index (χ4n) is 2.02. The number of halogens is 1. The lowest BCUT2D eigenvalue weighted by Gasteiger charge is -2.19. The van der Waals surface area contributed by atoms with Crippen LogP contribution in [-0.2, 0) is 11.2 Å². The summed E-state index contributed by atoms with van der Waals surface area (Å²) in [4.78, 5) is 19.3. The van der Waals surface area contributed by atoms with Crippen LogP contribution in [0, 0.1) is 6.92 Å². The molecule has 29 heavy (non-hydrogen) atoms. The third-order valence-electron chi connectivity index (χ3n) is 3.46. The van der Waals surface area contributed by atoms with Gasteiger partial charge in [-0.15, -0.1) is 0 Å². The van der Waals surface area contributed by atoms with E-state index in [9.17, 15) is 4.79 Å². The molecule has 0 atom stereocenters. The van der Waals surface area contributed by atoms with Crippen molar-refractivity contribution >= 4 is 22.0 Å². The van der Waals surface area contributed by atoms with Crippen LogP contribution in [0.3, 0.4) is 0 Å². The quantitative estimate of drug-likeness (QED) is 0.619. The summed E-state index contributed by atoms with van der Waals surface area (Å²) >= 11 is 3.28. The molecule has 1 amide bonds. The molecule has 2 rings (SSSR count). The molecule has 1 heterocycles. The van der Waals surface area contributed by atoms with Crippen LogP contribution >= 0.6 is 15.9 Å². The molecule has 1 N–H and O–H groups in total. The topological polar surface area (TPSA) is 82.6 Å². The molecule has 0 aliphatic heterocycles. The highest BCUT2D eigenvalue weighted by atomic mass is 79.9. The number of benzene rings is 1. The van der Waals surface area contributed by atoms with Crippen molar-refractivity contribution in [2.45, 2.75) is 46.6 Å². The molecule has 0 fully saturated rings. The van der Waals surface area contributed by atoms with E-state index in [1.165, 1.54) is 24.6 Å². The van der Waals surface area contributed by atoms with Crippen molar-refractivity contribution in [2.24, 2.45) is 0 Å². The molecule has 0 aliphatic rings. The van der Waals surface area contributed by atoms with Crippen LogP contribution in [0.5, 0.6) is 11.8 Å². The number of ether oxygens (including phenoxy) is 3. The van der Waals surface area contributed by atoms with Gasteiger partial charge in [-0.05, 0) is 55.6 Å². The minimum Gasteiger partial charge on any atom is -0.480 e. The van der Waals surface area contributed by atoms with Gasteiger partial charge < -0.3 is 19.5 Å². The van der Waals surface area contributed by atoms with Crippen LogP contribution in [0.1, 0.15) is 38.8 Å². The van der Waals surface area contributed by atoms with Crippen molar-refractivity contribution in [1.29, 1.82) is 0 Å². The van der Waals surface area contributed by atoms with Crippen LogP contribution < -0.4 is 14.8 Å². The van der Waals surface area contributed by atoms with Gasteiger partial charge >= 0.3 is 6.09 Å². The minimum atomic E-state index is -0.520. The SMILES string of the molecule is CCc1ccc(C)cc1.COc1ncnc(OCCNC(=O)OC(C)(C)C)c1Br. The summed E-state index contributed by atoms with van der Waals surface area (Å²) in [6.45, 7) is 10.2. The number of carbonyl (C=O) groups is 1. The molecule has 1 aromatic heterocycles. The van der Waals surface area contributed by atoms with Gasteiger partial charge in [-0.2, -0.15) is 0 Å². The van der Waals surface area contributed by atoms with Gasteiger partial charge in [0.05, 0.1) is 13.7 Å². The highest BCUT2D eigenvalue weighted by molar-refractivity contribution is 9.10. The number of alkyl carbamates (subject to hydrolysis) is 1. The third-order valence-corrected chi connectivity index (χ3v) is 4.14. The van der Waals surface area contributed by atoms with E-state index in [0.717, 1.165) is 6.42 Å². The fraction of sp³-hybridized carbons (Fsp3) is 0.476. The molecule has 0 unspecified atom stereocenters. The molecule has 0 saturated heterocycles. The number of rotatable bonds is 6. The van der Waals surface area contributed by atoms with Gasteiger partial charge in [-0.3, -0.25) is 0 Å². The average Bonchev–Trinajstić information content (AvgIpc) is 2.66. The highest BCUT2D eigenvalue weighted by Gasteiger charge is 2.15. The van der Waals surface area contributed by atoms with Gasteiger partial charge in [0, 0.05) is 0 Å². The summed E-state index contributed by atoms with van der Waals surface area (Å²) in [5.41, 5.74) is 2.24. The average molecular weight is 468 g/mol. The monoisotopic (exact) mass is 467 g/mol. The Morgan fingerprint density at radius 3 is 2.31 bits per heavy atom. The van der Waals surface area contributed by atoms with Crippen LogP contribution in [0.4, 0.5) is 4.79 Å². The Labute approximate surface area is 181 Å². The van der Waals surface area contributed by atoms with E-state index in [1.54, 1.807) is 20.8 Å². The van der Waals surface area contributed by atoms with Crippen LogP contribution in [0.25, 0.3) is 0 Å². The predicted molar refractivity (Wildman–Crippen MR) is 117 cm³/mol. The molecule has 160 valence electrons. The Hall–Kier alpha value is -2.35. The lowest BCUT2D eigenvalue weighted by atomic mass is 10.1. The Kier molecular flexibility index (Phi) is 10.4. The normalized spacial score (nSPS) is 10.4. The van der Waals surface area contributed by atoms with Crippen molar-refractivity contribution in [3.05, 3.63) is 46.2 Å². The Morgan fingerprint density at radius 1 is 1.14 bits per heavy atom.